The number of rotatable bonds is 4. The number of amidine groups is 1. The molecule has 3 N–H and O–H groups in total. The van der Waals surface area contributed by atoms with E-state index in [1.54, 1.807) is 25.3 Å². The molecule has 0 bridgehead atoms. The fourth-order valence-corrected chi connectivity index (χ4v) is 1.44. The molecule has 1 aromatic rings. The largest absolute Gasteiger partial charge is 0.409 e. The average molecular weight is 236 g/mol. The molecule has 17 heavy (non-hydrogen) atoms. The first kappa shape index (κ1) is 13.0. The molecule has 0 aromatic carbocycles. The summed E-state index contributed by atoms with van der Waals surface area (Å²) in [6.45, 7) is 4.17. The third-order valence-electron chi connectivity index (χ3n) is 2.39. The Labute approximate surface area is 99.7 Å². The molecule has 0 aliphatic heterocycles. The van der Waals surface area contributed by atoms with E-state index in [0.717, 1.165) is 0 Å². The van der Waals surface area contributed by atoms with Crippen molar-refractivity contribution in [1.29, 1.82) is 0 Å². The number of hydrogen-bond donors (Lipinski definition) is 2. The highest BCUT2D eigenvalue weighted by Gasteiger charge is 2.17. The molecule has 1 aromatic heterocycles. The van der Waals surface area contributed by atoms with Crippen LogP contribution in [-0.4, -0.2) is 39.9 Å². The highest BCUT2D eigenvalue weighted by molar-refractivity contribution is 5.97. The number of pyridine rings is 1. The molecule has 92 valence electrons. The minimum absolute atomic E-state index is 0.00161. The summed E-state index contributed by atoms with van der Waals surface area (Å²) in [6.07, 6.45) is 1.63. The first-order chi connectivity index (χ1) is 8.10. The number of likely N-dealkylation sites (N-methyl/N-ethyl adjacent to an activating group) is 1. The zero-order valence-electron chi connectivity index (χ0n) is 9.92. The zero-order valence-corrected chi connectivity index (χ0v) is 9.92. The number of hydrogen-bond acceptors (Lipinski definition) is 4. The number of nitrogens with two attached hydrogens (primary N) is 1. The predicted octanol–water partition coefficient (Wildman–Crippen LogP) is 0.599. The van der Waals surface area contributed by atoms with Gasteiger partial charge < -0.3 is 15.8 Å². The molecule has 6 heteroatoms. The summed E-state index contributed by atoms with van der Waals surface area (Å²) in [5.74, 6) is -0.175. The van der Waals surface area contributed by atoms with Gasteiger partial charge in [0.25, 0.3) is 5.91 Å². The maximum absolute atomic E-state index is 12.1. The Morgan fingerprint density at radius 1 is 1.65 bits per heavy atom. The zero-order chi connectivity index (χ0) is 12.8. The van der Waals surface area contributed by atoms with Crippen LogP contribution in [0.15, 0.2) is 23.5 Å². The summed E-state index contributed by atoms with van der Waals surface area (Å²) in [5.41, 5.74) is 6.58. The standard InChI is InChI=1S/C11H16N4O2/c1-3-15(7-10(12)14-17)11(16)9-5-4-6-13-8(9)2/h4-6,17H,3,7H2,1-2H3,(H2,12,14). The van der Waals surface area contributed by atoms with Crippen molar-refractivity contribution in [2.75, 3.05) is 13.1 Å². The van der Waals surface area contributed by atoms with Gasteiger partial charge in [-0.2, -0.15) is 0 Å². The van der Waals surface area contributed by atoms with Crippen molar-refractivity contribution < 1.29 is 10.0 Å². The molecule has 0 aliphatic rings. The van der Waals surface area contributed by atoms with Gasteiger partial charge in [-0.25, -0.2) is 0 Å². The Morgan fingerprint density at radius 3 is 2.88 bits per heavy atom. The van der Waals surface area contributed by atoms with Gasteiger partial charge in [-0.3, -0.25) is 9.78 Å². The molecule has 6 nitrogen and oxygen atoms in total. The number of oxime groups is 1. The number of carbonyl (C=O) groups excluding carboxylic acids is 1. The average Bonchev–Trinajstić information content (AvgIpc) is 2.35. The maximum Gasteiger partial charge on any atom is 0.256 e. The Morgan fingerprint density at radius 2 is 2.35 bits per heavy atom. The van der Waals surface area contributed by atoms with E-state index in [1.165, 1.54) is 4.90 Å². The maximum atomic E-state index is 12.1. The molecule has 1 rings (SSSR count). The van der Waals surface area contributed by atoms with Crippen LogP contribution in [0.1, 0.15) is 23.0 Å². The number of aryl methyl sites for hydroxylation is 1. The summed E-state index contributed by atoms with van der Waals surface area (Å²) in [5, 5.41) is 11.4. The number of nitrogens with zero attached hydrogens (tertiary/aromatic N) is 3. The third kappa shape index (κ3) is 3.17. The molecule has 0 unspecified atom stereocenters. The van der Waals surface area contributed by atoms with Crippen LogP contribution in [0.4, 0.5) is 0 Å². The van der Waals surface area contributed by atoms with Gasteiger partial charge in [0.05, 0.1) is 12.1 Å². The van der Waals surface area contributed by atoms with Crippen molar-refractivity contribution >= 4 is 11.7 Å². The second kappa shape index (κ2) is 5.83. The van der Waals surface area contributed by atoms with Gasteiger partial charge in [0.15, 0.2) is 5.84 Å². The van der Waals surface area contributed by atoms with Crippen molar-refractivity contribution in [3.8, 4) is 0 Å². The first-order valence-corrected chi connectivity index (χ1v) is 5.27. The minimum atomic E-state index is -0.176. The van der Waals surface area contributed by atoms with E-state index < -0.39 is 0 Å². The topological polar surface area (TPSA) is 91.8 Å². The minimum Gasteiger partial charge on any atom is -0.409 e. The van der Waals surface area contributed by atoms with Crippen LogP contribution in [0.5, 0.6) is 0 Å². The van der Waals surface area contributed by atoms with E-state index in [-0.39, 0.29) is 18.3 Å². The van der Waals surface area contributed by atoms with Gasteiger partial charge in [0.2, 0.25) is 0 Å². The van der Waals surface area contributed by atoms with Crippen LogP contribution in [0.25, 0.3) is 0 Å². The molecular formula is C11H16N4O2. The SMILES string of the molecule is CCN(CC(N)=NO)C(=O)c1cccnc1C. The smallest absolute Gasteiger partial charge is 0.256 e. The van der Waals surface area contributed by atoms with E-state index in [1.807, 2.05) is 6.92 Å². The molecule has 1 heterocycles. The Kier molecular flexibility index (Phi) is 4.45. The van der Waals surface area contributed by atoms with E-state index in [4.69, 9.17) is 10.9 Å². The molecule has 0 atom stereocenters. The summed E-state index contributed by atoms with van der Waals surface area (Å²) in [6, 6.07) is 3.41. The predicted molar refractivity (Wildman–Crippen MR) is 64.0 cm³/mol. The lowest BCUT2D eigenvalue weighted by atomic mass is 10.2. The number of aromatic nitrogens is 1. The summed E-state index contributed by atoms with van der Waals surface area (Å²) >= 11 is 0. The molecular weight excluding hydrogens is 220 g/mol. The number of carbonyl (C=O) groups is 1. The van der Waals surface area contributed by atoms with E-state index in [0.29, 0.717) is 17.8 Å². The highest BCUT2D eigenvalue weighted by atomic mass is 16.4. The van der Waals surface area contributed by atoms with Gasteiger partial charge in [0.1, 0.15) is 0 Å². The Hall–Kier alpha value is -2.11. The Bertz CT molecular complexity index is 431. The summed E-state index contributed by atoms with van der Waals surface area (Å²) in [4.78, 5) is 17.7. The van der Waals surface area contributed by atoms with Crippen molar-refractivity contribution in [3.05, 3.63) is 29.6 Å². The molecule has 0 fully saturated rings. The van der Waals surface area contributed by atoms with Crippen molar-refractivity contribution in [3.63, 3.8) is 0 Å². The van der Waals surface area contributed by atoms with Crippen LogP contribution in [0.3, 0.4) is 0 Å². The molecule has 0 saturated heterocycles. The second-order valence-corrected chi connectivity index (χ2v) is 3.55. The normalized spacial score (nSPS) is 11.3. The third-order valence-corrected chi connectivity index (χ3v) is 2.39. The van der Waals surface area contributed by atoms with Crippen molar-refractivity contribution in [1.82, 2.24) is 9.88 Å². The van der Waals surface area contributed by atoms with E-state index in [2.05, 4.69) is 10.1 Å². The van der Waals surface area contributed by atoms with Crippen LogP contribution in [-0.2, 0) is 0 Å². The molecule has 0 spiro atoms. The number of amides is 1. The molecule has 0 aliphatic carbocycles. The van der Waals surface area contributed by atoms with Gasteiger partial charge >= 0.3 is 0 Å². The van der Waals surface area contributed by atoms with Crippen LogP contribution in [0, 0.1) is 6.92 Å². The van der Waals surface area contributed by atoms with Crippen molar-refractivity contribution in [2.24, 2.45) is 10.9 Å². The fraction of sp³-hybridized carbons (Fsp3) is 0.364. The van der Waals surface area contributed by atoms with Crippen molar-refractivity contribution in [2.45, 2.75) is 13.8 Å². The van der Waals surface area contributed by atoms with Crippen LogP contribution >= 0.6 is 0 Å². The van der Waals surface area contributed by atoms with Gasteiger partial charge in [-0.15, -0.1) is 0 Å². The van der Waals surface area contributed by atoms with Gasteiger partial charge in [0, 0.05) is 18.4 Å². The molecule has 1 amide bonds. The Balaban J connectivity index is 2.91. The quantitative estimate of drug-likeness (QED) is 0.346. The fourth-order valence-electron chi connectivity index (χ4n) is 1.44. The highest BCUT2D eigenvalue weighted by Crippen LogP contribution is 2.07. The summed E-state index contributed by atoms with van der Waals surface area (Å²) < 4.78 is 0. The lowest BCUT2D eigenvalue weighted by molar-refractivity contribution is 0.0785. The van der Waals surface area contributed by atoms with Crippen LogP contribution < -0.4 is 5.73 Å². The van der Waals surface area contributed by atoms with Crippen LogP contribution in [0.2, 0.25) is 0 Å². The van der Waals surface area contributed by atoms with E-state index in [9.17, 15) is 4.79 Å². The van der Waals surface area contributed by atoms with E-state index >= 15 is 0 Å². The summed E-state index contributed by atoms with van der Waals surface area (Å²) in [7, 11) is 0. The monoisotopic (exact) mass is 236 g/mol. The van der Waals surface area contributed by atoms with Gasteiger partial charge in [-0.1, -0.05) is 5.16 Å². The second-order valence-electron chi connectivity index (χ2n) is 3.55. The lowest BCUT2D eigenvalue weighted by Crippen LogP contribution is -2.38. The first-order valence-electron chi connectivity index (χ1n) is 5.27. The van der Waals surface area contributed by atoms with Gasteiger partial charge in [-0.05, 0) is 26.0 Å². The lowest BCUT2D eigenvalue weighted by Gasteiger charge is -2.20. The molecule has 0 saturated carbocycles. The molecule has 0 radical (unpaired) electrons.